The van der Waals surface area contributed by atoms with E-state index in [0.29, 0.717) is 11.9 Å². The zero-order valence-corrected chi connectivity index (χ0v) is 17.0. The summed E-state index contributed by atoms with van der Waals surface area (Å²) in [4.78, 5) is 25.6. The van der Waals surface area contributed by atoms with Crippen LogP contribution in [0.2, 0.25) is 0 Å². The van der Waals surface area contributed by atoms with Crippen molar-refractivity contribution in [3.63, 3.8) is 0 Å². The van der Waals surface area contributed by atoms with E-state index in [9.17, 15) is 4.79 Å². The quantitative estimate of drug-likeness (QED) is 0.731. The first-order chi connectivity index (χ1) is 13.5. The molecule has 3 aromatic rings. The average Bonchev–Trinajstić information content (AvgIpc) is 3.14. The van der Waals surface area contributed by atoms with E-state index in [4.69, 9.17) is 0 Å². The zero-order valence-electron chi connectivity index (χ0n) is 16.2. The molecule has 4 rings (SSSR count). The number of fused-ring (bicyclic) bond motifs is 1. The fourth-order valence-electron chi connectivity index (χ4n) is 3.25. The number of rotatable bonds is 3. The normalized spacial score (nSPS) is 15.4. The third-order valence-electron chi connectivity index (χ3n) is 4.92. The van der Waals surface area contributed by atoms with E-state index in [0.717, 1.165) is 52.7 Å². The second kappa shape index (κ2) is 7.76. The van der Waals surface area contributed by atoms with Gasteiger partial charge in [0.25, 0.3) is 0 Å². The summed E-state index contributed by atoms with van der Waals surface area (Å²) in [6, 6.07) is 4.22. The van der Waals surface area contributed by atoms with Crippen LogP contribution < -0.4 is 5.32 Å². The van der Waals surface area contributed by atoms with Crippen LogP contribution in [-0.4, -0.2) is 68.2 Å². The number of hydrogen-bond donors (Lipinski definition) is 1. The van der Waals surface area contributed by atoms with Gasteiger partial charge in [0.05, 0.1) is 0 Å². The van der Waals surface area contributed by atoms with E-state index >= 15 is 0 Å². The topological polar surface area (TPSA) is 87.1 Å². The van der Waals surface area contributed by atoms with Crippen molar-refractivity contribution >= 4 is 34.0 Å². The number of urea groups is 1. The van der Waals surface area contributed by atoms with Crippen LogP contribution >= 0.6 is 11.3 Å². The van der Waals surface area contributed by atoms with Crippen molar-refractivity contribution in [2.45, 2.75) is 26.8 Å². The van der Waals surface area contributed by atoms with Crippen molar-refractivity contribution in [2.24, 2.45) is 0 Å². The van der Waals surface area contributed by atoms with E-state index in [-0.39, 0.29) is 6.03 Å². The molecule has 1 fully saturated rings. The summed E-state index contributed by atoms with van der Waals surface area (Å²) in [5.41, 5.74) is 0.770. The Labute approximate surface area is 167 Å². The van der Waals surface area contributed by atoms with Crippen LogP contribution in [0, 0.1) is 6.92 Å². The molecule has 0 saturated carbocycles. The van der Waals surface area contributed by atoms with Gasteiger partial charge in [0.2, 0.25) is 0 Å². The highest BCUT2D eigenvalue weighted by atomic mass is 32.1. The molecule has 0 radical (unpaired) electrons. The van der Waals surface area contributed by atoms with Crippen molar-refractivity contribution < 1.29 is 4.79 Å². The lowest BCUT2D eigenvalue weighted by Crippen LogP contribution is -2.51. The van der Waals surface area contributed by atoms with E-state index < -0.39 is 0 Å². The van der Waals surface area contributed by atoms with Crippen molar-refractivity contribution in [1.29, 1.82) is 0 Å². The maximum absolute atomic E-state index is 12.6. The molecule has 0 aromatic carbocycles. The lowest BCUT2D eigenvalue weighted by Gasteiger charge is -2.36. The summed E-state index contributed by atoms with van der Waals surface area (Å²) in [7, 11) is 0. The Morgan fingerprint density at radius 2 is 1.82 bits per heavy atom. The van der Waals surface area contributed by atoms with Gasteiger partial charge in [-0.3, -0.25) is 15.2 Å². The van der Waals surface area contributed by atoms with Gasteiger partial charge in [-0.05, 0) is 38.3 Å². The minimum Gasteiger partial charge on any atom is -0.322 e. The Hall–Kier alpha value is -2.65. The predicted octanol–water partition coefficient (Wildman–Crippen LogP) is 3.01. The van der Waals surface area contributed by atoms with Gasteiger partial charge >= 0.3 is 6.03 Å². The van der Waals surface area contributed by atoms with E-state index in [1.54, 1.807) is 12.4 Å². The maximum Gasteiger partial charge on any atom is 0.323 e. The molecule has 9 heteroatoms. The SMILES string of the molecule is Cc1nnc(-c2cc3cc(NC(=O)N4CCN(C(C)C)CC4)ncc3cn2)s1. The highest BCUT2D eigenvalue weighted by Gasteiger charge is 2.22. The smallest absolute Gasteiger partial charge is 0.322 e. The third-order valence-corrected chi connectivity index (χ3v) is 5.78. The largest absolute Gasteiger partial charge is 0.323 e. The van der Waals surface area contributed by atoms with Gasteiger partial charge in [0.1, 0.15) is 16.5 Å². The van der Waals surface area contributed by atoms with Crippen LogP contribution in [0.25, 0.3) is 21.5 Å². The number of nitrogens with zero attached hydrogens (tertiary/aromatic N) is 6. The number of piperazine rings is 1. The van der Waals surface area contributed by atoms with Gasteiger partial charge in [-0.1, -0.05) is 11.3 Å². The van der Waals surface area contributed by atoms with E-state index in [1.807, 2.05) is 24.0 Å². The van der Waals surface area contributed by atoms with E-state index in [1.165, 1.54) is 11.3 Å². The Kier molecular flexibility index (Phi) is 5.19. The van der Waals surface area contributed by atoms with Gasteiger partial charge in [-0.15, -0.1) is 10.2 Å². The molecular formula is C19H23N7OS. The van der Waals surface area contributed by atoms with Crippen molar-refractivity contribution in [3.05, 3.63) is 29.5 Å². The maximum atomic E-state index is 12.6. The first-order valence-electron chi connectivity index (χ1n) is 9.36. The molecule has 0 unspecified atom stereocenters. The molecule has 146 valence electrons. The predicted molar refractivity (Wildman–Crippen MR) is 110 cm³/mol. The van der Waals surface area contributed by atoms with Crippen molar-refractivity contribution in [3.8, 4) is 10.7 Å². The molecule has 28 heavy (non-hydrogen) atoms. The minimum atomic E-state index is -0.107. The van der Waals surface area contributed by atoms with Crippen LogP contribution in [0.4, 0.5) is 10.6 Å². The first-order valence-corrected chi connectivity index (χ1v) is 10.2. The molecular weight excluding hydrogens is 374 g/mol. The molecule has 4 heterocycles. The number of aryl methyl sites for hydroxylation is 1. The highest BCUT2D eigenvalue weighted by molar-refractivity contribution is 7.14. The number of aromatic nitrogens is 4. The number of anilines is 1. The van der Waals surface area contributed by atoms with E-state index in [2.05, 4.69) is 44.2 Å². The lowest BCUT2D eigenvalue weighted by atomic mass is 10.2. The zero-order chi connectivity index (χ0) is 19.7. The van der Waals surface area contributed by atoms with Crippen LogP contribution in [0.1, 0.15) is 18.9 Å². The van der Waals surface area contributed by atoms with Gasteiger partial charge in [0.15, 0.2) is 5.01 Å². The molecule has 0 aliphatic carbocycles. The molecule has 8 nitrogen and oxygen atoms in total. The average molecular weight is 398 g/mol. The fourth-order valence-corrected chi connectivity index (χ4v) is 3.91. The molecule has 1 aliphatic rings. The lowest BCUT2D eigenvalue weighted by molar-refractivity contribution is 0.125. The van der Waals surface area contributed by atoms with Gasteiger partial charge in [-0.2, -0.15) is 0 Å². The van der Waals surface area contributed by atoms with Gasteiger partial charge in [-0.25, -0.2) is 9.78 Å². The van der Waals surface area contributed by atoms with Gasteiger partial charge < -0.3 is 4.90 Å². The molecule has 1 aliphatic heterocycles. The monoisotopic (exact) mass is 397 g/mol. The summed E-state index contributed by atoms with van der Waals surface area (Å²) >= 11 is 1.50. The summed E-state index contributed by atoms with van der Waals surface area (Å²) in [6.07, 6.45) is 3.49. The Bertz CT molecular complexity index is 995. The third kappa shape index (κ3) is 3.95. The second-order valence-electron chi connectivity index (χ2n) is 7.16. The standard InChI is InChI=1S/C19H23N7OS/c1-12(2)25-4-6-26(7-5-25)19(27)22-17-9-14-8-16(18-24-23-13(3)28-18)20-10-15(14)11-21-17/h8-12H,4-7H2,1-3H3,(H,21,22,27). The molecule has 3 aromatic heterocycles. The Morgan fingerprint density at radius 3 is 2.50 bits per heavy atom. The van der Waals surface area contributed by atoms with Crippen molar-refractivity contribution in [1.82, 2.24) is 30.0 Å². The number of hydrogen-bond acceptors (Lipinski definition) is 7. The summed E-state index contributed by atoms with van der Waals surface area (Å²) in [5, 5.41) is 14.7. The number of amides is 2. The fraction of sp³-hybridized carbons (Fsp3) is 0.421. The second-order valence-corrected chi connectivity index (χ2v) is 8.34. The van der Waals surface area contributed by atoms with Crippen LogP contribution in [-0.2, 0) is 0 Å². The molecule has 0 atom stereocenters. The molecule has 1 saturated heterocycles. The van der Waals surface area contributed by atoms with Crippen LogP contribution in [0.3, 0.4) is 0 Å². The first kappa shape index (κ1) is 18.7. The molecule has 0 spiro atoms. The number of pyridine rings is 2. The van der Waals surface area contributed by atoms with Crippen LogP contribution in [0.5, 0.6) is 0 Å². The number of nitrogens with one attached hydrogen (secondary N) is 1. The Morgan fingerprint density at radius 1 is 1.07 bits per heavy atom. The summed E-state index contributed by atoms with van der Waals surface area (Å²) < 4.78 is 0. The number of carbonyl (C=O) groups excluding carboxylic acids is 1. The minimum absolute atomic E-state index is 0.107. The summed E-state index contributed by atoms with van der Waals surface area (Å²) in [5.74, 6) is 0.536. The number of carbonyl (C=O) groups is 1. The van der Waals surface area contributed by atoms with Crippen molar-refractivity contribution in [2.75, 3.05) is 31.5 Å². The molecule has 2 amide bonds. The van der Waals surface area contributed by atoms with Gasteiger partial charge in [0, 0.05) is 50.0 Å². The Balaban J connectivity index is 1.49. The molecule has 0 bridgehead atoms. The molecule has 1 N–H and O–H groups in total. The van der Waals surface area contributed by atoms with Crippen LogP contribution in [0.15, 0.2) is 24.5 Å². The highest BCUT2D eigenvalue weighted by Crippen LogP contribution is 2.25. The summed E-state index contributed by atoms with van der Waals surface area (Å²) in [6.45, 7) is 9.52.